The van der Waals surface area contributed by atoms with Crippen LogP contribution in [0.3, 0.4) is 0 Å². The summed E-state index contributed by atoms with van der Waals surface area (Å²) in [4.78, 5) is 12.8. The molecule has 1 amide bonds. The first-order valence-electron chi connectivity index (χ1n) is 10.5. The van der Waals surface area contributed by atoms with Gasteiger partial charge in [0.15, 0.2) is 11.5 Å². The predicted molar refractivity (Wildman–Crippen MR) is 139 cm³/mol. The number of benzene rings is 3. The molecule has 6 heteroatoms. The number of ether oxygens (including phenoxy) is 2. The fourth-order valence-electron chi connectivity index (χ4n) is 3.18. The highest BCUT2D eigenvalue weighted by atomic mass is 127. The van der Waals surface area contributed by atoms with E-state index < -0.39 is 5.91 Å². The molecule has 0 aromatic heterocycles. The minimum atomic E-state index is -0.455. The Balaban J connectivity index is 1.86. The van der Waals surface area contributed by atoms with Gasteiger partial charge in [-0.25, -0.2) is 0 Å². The molecule has 3 aromatic rings. The summed E-state index contributed by atoms with van der Waals surface area (Å²) in [6, 6.07) is 21.4. The van der Waals surface area contributed by atoms with Gasteiger partial charge in [-0.2, -0.15) is 5.26 Å². The van der Waals surface area contributed by atoms with Crippen molar-refractivity contribution in [1.82, 2.24) is 0 Å². The van der Waals surface area contributed by atoms with Crippen LogP contribution in [0.15, 0.2) is 66.2 Å². The van der Waals surface area contributed by atoms with Crippen molar-refractivity contribution in [2.75, 3.05) is 11.9 Å². The molecule has 0 saturated carbocycles. The molecular weight excluding hydrogens is 527 g/mol. The summed E-state index contributed by atoms with van der Waals surface area (Å²) in [6.45, 7) is 6.64. The zero-order chi connectivity index (χ0) is 23.8. The van der Waals surface area contributed by atoms with E-state index in [9.17, 15) is 10.1 Å². The normalized spacial score (nSPS) is 10.9. The molecule has 0 aliphatic heterocycles. The molecule has 0 bridgehead atoms. The first-order valence-corrected chi connectivity index (χ1v) is 11.6. The highest BCUT2D eigenvalue weighted by molar-refractivity contribution is 14.1. The molecule has 0 unspecified atom stereocenters. The van der Waals surface area contributed by atoms with Crippen LogP contribution >= 0.6 is 22.6 Å². The van der Waals surface area contributed by atoms with E-state index in [4.69, 9.17) is 9.47 Å². The fraction of sp³-hybridized carbons (Fsp3) is 0.185. The Kier molecular flexibility index (Phi) is 8.50. The van der Waals surface area contributed by atoms with Crippen molar-refractivity contribution in [2.45, 2.75) is 27.4 Å². The summed E-state index contributed by atoms with van der Waals surface area (Å²) in [5, 5.41) is 12.5. The molecule has 0 heterocycles. The molecule has 5 nitrogen and oxygen atoms in total. The molecule has 0 spiro atoms. The number of amides is 1. The lowest BCUT2D eigenvalue weighted by Gasteiger charge is -2.15. The van der Waals surface area contributed by atoms with Crippen LogP contribution in [0.2, 0.25) is 0 Å². The zero-order valence-electron chi connectivity index (χ0n) is 18.8. The topological polar surface area (TPSA) is 71.3 Å². The number of carbonyl (C=O) groups is 1. The molecule has 168 valence electrons. The second-order valence-electron chi connectivity index (χ2n) is 7.48. The maximum absolute atomic E-state index is 12.8. The van der Waals surface area contributed by atoms with Gasteiger partial charge in [0.05, 0.1) is 10.2 Å². The van der Waals surface area contributed by atoms with Gasteiger partial charge < -0.3 is 14.8 Å². The molecular formula is C27H25IN2O3. The number of halogens is 1. The van der Waals surface area contributed by atoms with E-state index in [0.717, 1.165) is 20.3 Å². The number of hydrogen-bond donors (Lipinski definition) is 1. The van der Waals surface area contributed by atoms with Gasteiger partial charge in [0.25, 0.3) is 5.91 Å². The smallest absolute Gasteiger partial charge is 0.266 e. The van der Waals surface area contributed by atoms with Gasteiger partial charge in [-0.3, -0.25) is 4.79 Å². The van der Waals surface area contributed by atoms with Gasteiger partial charge in [0.2, 0.25) is 0 Å². The van der Waals surface area contributed by atoms with Crippen molar-refractivity contribution < 1.29 is 14.3 Å². The van der Waals surface area contributed by atoms with Gasteiger partial charge in [-0.15, -0.1) is 0 Å². The fourth-order valence-corrected chi connectivity index (χ4v) is 3.96. The summed E-state index contributed by atoms with van der Waals surface area (Å²) in [5.41, 5.74) is 4.39. The van der Waals surface area contributed by atoms with Gasteiger partial charge in [0.1, 0.15) is 18.2 Å². The van der Waals surface area contributed by atoms with Crippen molar-refractivity contribution >= 4 is 40.3 Å². The van der Waals surface area contributed by atoms with Gasteiger partial charge in [-0.1, -0.05) is 42.5 Å². The summed E-state index contributed by atoms with van der Waals surface area (Å²) in [5.74, 6) is 0.749. The molecule has 0 atom stereocenters. The van der Waals surface area contributed by atoms with Gasteiger partial charge in [-0.05, 0) is 89.9 Å². The summed E-state index contributed by atoms with van der Waals surface area (Å²) >= 11 is 2.18. The van der Waals surface area contributed by atoms with Crippen molar-refractivity contribution in [3.05, 3.63) is 92.1 Å². The van der Waals surface area contributed by atoms with Crippen LogP contribution in [-0.2, 0) is 11.4 Å². The van der Waals surface area contributed by atoms with Crippen LogP contribution < -0.4 is 14.8 Å². The Morgan fingerprint density at radius 3 is 2.55 bits per heavy atom. The lowest BCUT2D eigenvalue weighted by atomic mass is 10.1. The van der Waals surface area contributed by atoms with E-state index in [1.165, 1.54) is 0 Å². The molecule has 33 heavy (non-hydrogen) atoms. The third-order valence-electron chi connectivity index (χ3n) is 4.88. The molecule has 1 N–H and O–H groups in total. The average molecular weight is 552 g/mol. The minimum absolute atomic E-state index is 0.00658. The Labute approximate surface area is 208 Å². The number of anilines is 1. The van der Waals surface area contributed by atoms with E-state index in [1.807, 2.05) is 81.4 Å². The number of aryl methyl sites for hydroxylation is 2. The van der Waals surface area contributed by atoms with Crippen molar-refractivity contribution in [1.29, 1.82) is 5.26 Å². The van der Waals surface area contributed by atoms with E-state index in [1.54, 1.807) is 12.1 Å². The first kappa shape index (κ1) is 24.3. The van der Waals surface area contributed by atoms with Crippen LogP contribution in [-0.4, -0.2) is 12.5 Å². The van der Waals surface area contributed by atoms with Crippen LogP contribution in [0, 0.1) is 28.7 Å². The maximum atomic E-state index is 12.8. The number of hydrogen-bond acceptors (Lipinski definition) is 4. The largest absolute Gasteiger partial charge is 0.490 e. The second-order valence-corrected chi connectivity index (χ2v) is 8.64. The number of nitriles is 1. The molecule has 0 radical (unpaired) electrons. The molecule has 0 fully saturated rings. The third-order valence-corrected chi connectivity index (χ3v) is 5.68. The average Bonchev–Trinajstić information content (AvgIpc) is 2.80. The van der Waals surface area contributed by atoms with Crippen LogP contribution in [0.5, 0.6) is 11.5 Å². The van der Waals surface area contributed by atoms with E-state index >= 15 is 0 Å². The Bertz CT molecular complexity index is 1210. The molecule has 0 aliphatic rings. The Morgan fingerprint density at radius 1 is 1.09 bits per heavy atom. The molecule has 0 aliphatic carbocycles. The summed E-state index contributed by atoms with van der Waals surface area (Å²) < 4.78 is 12.7. The van der Waals surface area contributed by atoms with E-state index in [2.05, 4.69) is 27.9 Å². The van der Waals surface area contributed by atoms with Crippen LogP contribution in [0.25, 0.3) is 6.08 Å². The second kappa shape index (κ2) is 11.5. The first-order chi connectivity index (χ1) is 15.9. The maximum Gasteiger partial charge on any atom is 0.266 e. The lowest BCUT2D eigenvalue weighted by Crippen LogP contribution is -2.14. The standard InChI is InChI=1S/C27H25IN2O3/c1-4-32-25-15-21(14-23(28)26(25)33-17-20-8-6-5-7-9-20)13-22(16-29)27(31)30-24-12-18(2)10-11-19(24)3/h5-15H,4,17H2,1-3H3,(H,30,31)/b22-13-. The van der Waals surface area contributed by atoms with E-state index in [0.29, 0.717) is 36.0 Å². The SMILES string of the molecule is CCOc1cc(/C=C(/C#N)C(=O)Nc2cc(C)ccc2C)cc(I)c1OCc1ccccc1. The third kappa shape index (κ3) is 6.59. The van der Waals surface area contributed by atoms with Gasteiger partial charge in [0, 0.05) is 5.69 Å². The van der Waals surface area contributed by atoms with Crippen LogP contribution in [0.4, 0.5) is 5.69 Å². The predicted octanol–water partition coefficient (Wildman–Crippen LogP) is 6.43. The number of rotatable bonds is 8. The molecule has 3 aromatic carbocycles. The quantitative estimate of drug-likeness (QED) is 0.199. The number of nitrogens with zero attached hydrogens (tertiary/aromatic N) is 1. The van der Waals surface area contributed by atoms with Gasteiger partial charge >= 0.3 is 0 Å². The minimum Gasteiger partial charge on any atom is -0.490 e. The monoisotopic (exact) mass is 552 g/mol. The van der Waals surface area contributed by atoms with Crippen molar-refractivity contribution in [3.63, 3.8) is 0 Å². The highest BCUT2D eigenvalue weighted by Crippen LogP contribution is 2.35. The highest BCUT2D eigenvalue weighted by Gasteiger charge is 2.15. The van der Waals surface area contributed by atoms with E-state index in [-0.39, 0.29) is 5.57 Å². The van der Waals surface area contributed by atoms with Crippen molar-refractivity contribution in [3.8, 4) is 17.6 Å². The van der Waals surface area contributed by atoms with Crippen LogP contribution in [0.1, 0.15) is 29.2 Å². The Hall–Kier alpha value is -3.31. The summed E-state index contributed by atoms with van der Waals surface area (Å²) in [6.07, 6.45) is 1.56. The lowest BCUT2D eigenvalue weighted by molar-refractivity contribution is -0.112. The van der Waals surface area contributed by atoms with Crippen molar-refractivity contribution in [2.24, 2.45) is 0 Å². The Morgan fingerprint density at radius 2 is 1.85 bits per heavy atom. The zero-order valence-corrected chi connectivity index (χ0v) is 21.0. The molecule has 0 saturated heterocycles. The number of carbonyl (C=O) groups excluding carboxylic acids is 1. The summed E-state index contributed by atoms with van der Waals surface area (Å²) in [7, 11) is 0. The molecule has 3 rings (SSSR count). The number of nitrogens with one attached hydrogen (secondary N) is 1.